The van der Waals surface area contributed by atoms with Gasteiger partial charge in [0.2, 0.25) is 0 Å². The maximum Gasteiger partial charge on any atom is 0.189 e. The van der Waals surface area contributed by atoms with Gasteiger partial charge in [0.05, 0.1) is 28.6 Å². The average Bonchev–Trinajstić information content (AvgIpc) is 3.39. The molecule has 3 aromatic heterocycles. The number of thiazole rings is 1. The van der Waals surface area contributed by atoms with E-state index in [1.54, 1.807) is 23.7 Å². The number of rotatable bonds is 5. The fourth-order valence-corrected chi connectivity index (χ4v) is 5.49. The molecular weight excluding hydrogens is 422 g/mol. The maximum absolute atomic E-state index is 9.86. The van der Waals surface area contributed by atoms with E-state index in [0.717, 1.165) is 33.0 Å². The number of fused-ring (bicyclic) bond motifs is 2. The van der Waals surface area contributed by atoms with Gasteiger partial charge in [0.15, 0.2) is 10.9 Å². The van der Waals surface area contributed by atoms with E-state index < -0.39 is 5.79 Å². The molecule has 0 unspecified atom stereocenters. The van der Waals surface area contributed by atoms with Crippen LogP contribution in [0.1, 0.15) is 20.3 Å². The summed E-state index contributed by atoms with van der Waals surface area (Å²) < 4.78 is 13.3. The lowest BCUT2D eigenvalue weighted by atomic mass is 10.1. The van der Waals surface area contributed by atoms with Crippen molar-refractivity contribution in [2.75, 3.05) is 18.2 Å². The van der Waals surface area contributed by atoms with Gasteiger partial charge in [0.1, 0.15) is 22.4 Å². The largest absolute Gasteiger partial charge is 0.396 e. The molecule has 1 aliphatic heterocycles. The lowest BCUT2D eigenvalue weighted by Crippen LogP contribution is -2.34. The maximum atomic E-state index is 9.86. The Morgan fingerprint density at radius 3 is 2.87 bits per heavy atom. The minimum Gasteiger partial charge on any atom is -0.396 e. The zero-order valence-corrected chi connectivity index (χ0v) is 18.5. The molecule has 0 amide bonds. The molecular formula is C20H23N5O3S2. The molecule has 0 aromatic carbocycles. The van der Waals surface area contributed by atoms with Crippen molar-refractivity contribution in [3.63, 3.8) is 0 Å². The number of aromatic nitrogens is 4. The highest BCUT2D eigenvalue weighted by Gasteiger charge is 2.53. The number of thioether (sulfide) groups is 1. The van der Waals surface area contributed by atoms with Gasteiger partial charge in [-0.2, -0.15) is 0 Å². The van der Waals surface area contributed by atoms with Gasteiger partial charge in [-0.05, 0) is 32.6 Å². The van der Waals surface area contributed by atoms with Crippen molar-refractivity contribution in [3.8, 4) is 10.6 Å². The first-order chi connectivity index (χ1) is 14.5. The Kier molecular flexibility index (Phi) is 5.14. The van der Waals surface area contributed by atoms with Crippen LogP contribution in [0.3, 0.4) is 0 Å². The first kappa shape index (κ1) is 20.1. The second kappa shape index (κ2) is 7.69. The van der Waals surface area contributed by atoms with E-state index in [0.29, 0.717) is 5.16 Å². The van der Waals surface area contributed by atoms with Crippen LogP contribution in [0.25, 0.3) is 20.8 Å². The highest BCUT2D eigenvalue weighted by Crippen LogP contribution is 2.43. The van der Waals surface area contributed by atoms with Crippen molar-refractivity contribution in [3.05, 3.63) is 24.7 Å². The molecule has 1 saturated carbocycles. The summed E-state index contributed by atoms with van der Waals surface area (Å²) >= 11 is 3.08. The van der Waals surface area contributed by atoms with Gasteiger partial charge in [0.25, 0.3) is 0 Å². The van der Waals surface area contributed by atoms with Gasteiger partial charge in [-0.3, -0.25) is 4.98 Å². The molecule has 0 bridgehead atoms. The highest BCUT2D eigenvalue weighted by atomic mass is 32.2. The van der Waals surface area contributed by atoms with Crippen molar-refractivity contribution < 1.29 is 14.6 Å². The summed E-state index contributed by atoms with van der Waals surface area (Å²) in [5.41, 5.74) is 1.70. The number of aliphatic hydroxyl groups is 1. The normalized spacial score (nSPS) is 27.5. The Morgan fingerprint density at radius 2 is 2.10 bits per heavy atom. The first-order valence-electron chi connectivity index (χ1n) is 9.82. The molecule has 158 valence electrons. The molecule has 1 saturated heterocycles. The molecule has 3 aromatic rings. The van der Waals surface area contributed by atoms with E-state index in [1.807, 2.05) is 32.4 Å². The molecule has 0 radical (unpaired) electrons. The van der Waals surface area contributed by atoms with Crippen LogP contribution in [0.5, 0.6) is 0 Å². The van der Waals surface area contributed by atoms with Gasteiger partial charge < -0.3 is 19.9 Å². The third kappa shape index (κ3) is 3.56. The Morgan fingerprint density at radius 1 is 1.27 bits per heavy atom. The number of anilines is 1. The van der Waals surface area contributed by atoms with Crippen LogP contribution in [-0.4, -0.2) is 61.9 Å². The van der Waals surface area contributed by atoms with Crippen molar-refractivity contribution in [1.29, 1.82) is 0 Å². The fraction of sp³-hybridized carbons (Fsp3) is 0.500. The van der Waals surface area contributed by atoms with Gasteiger partial charge in [-0.1, -0.05) is 11.8 Å². The third-order valence-corrected chi connectivity index (χ3v) is 7.14. The molecule has 4 heterocycles. The molecule has 2 aliphatic rings. The van der Waals surface area contributed by atoms with Crippen LogP contribution in [0.2, 0.25) is 0 Å². The summed E-state index contributed by atoms with van der Waals surface area (Å²) in [5, 5.41) is 14.9. The summed E-state index contributed by atoms with van der Waals surface area (Å²) in [6, 6.07) is 1.92. The summed E-state index contributed by atoms with van der Waals surface area (Å²) in [7, 11) is 0. The summed E-state index contributed by atoms with van der Waals surface area (Å²) in [6.07, 6.45) is 7.75. The Labute approximate surface area is 182 Å². The summed E-state index contributed by atoms with van der Waals surface area (Å²) in [5.74, 6) is 0.0762. The van der Waals surface area contributed by atoms with Crippen LogP contribution in [0, 0.1) is 5.92 Å². The van der Waals surface area contributed by atoms with Gasteiger partial charge in [-0.25, -0.2) is 15.0 Å². The quantitative estimate of drug-likeness (QED) is 0.453. The first-order valence-corrected chi connectivity index (χ1v) is 11.9. The lowest BCUT2D eigenvalue weighted by molar-refractivity contribution is -0.158. The van der Waals surface area contributed by atoms with Crippen LogP contribution in [0.4, 0.5) is 5.82 Å². The molecule has 10 heteroatoms. The fourth-order valence-electron chi connectivity index (χ4n) is 4.21. The van der Waals surface area contributed by atoms with Crippen LogP contribution in [0.15, 0.2) is 29.8 Å². The molecule has 2 fully saturated rings. The predicted octanol–water partition coefficient (Wildman–Crippen LogP) is 3.18. The van der Waals surface area contributed by atoms with Crippen molar-refractivity contribution in [1.82, 2.24) is 19.9 Å². The monoisotopic (exact) mass is 445 g/mol. The molecule has 2 N–H and O–H groups in total. The van der Waals surface area contributed by atoms with Crippen LogP contribution in [-0.2, 0) is 9.47 Å². The van der Waals surface area contributed by atoms with E-state index in [2.05, 4.69) is 15.3 Å². The predicted molar refractivity (Wildman–Crippen MR) is 117 cm³/mol. The SMILES string of the molecule is CSc1ncc(-c2nc3cnccc3s2)c(N[C@@H]2C[C@H](CO)[C@H]3OC(C)(C)O[C@H]32)n1. The number of hydrogen-bond acceptors (Lipinski definition) is 10. The van der Waals surface area contributed by atoms with E-state index in [-0.39, 0.29) is 30.8 Å². The second-order valence-electron chi connectivity index (χ2n) is 7.98. The minimum absolute atomic E-state index is 0.0214. The van der Waals surface area contributed by atoms with Gasteiger partial charge in [-0.15, -0.1) is 11.3 Å². The number of ether oxygens (including phenoxy) is 2. The second-order valence-corrected chi connectivity index (χ2v) is 9.78. The number of aliphatic hydroxyl groups excluding tert-OH is 1. The van der Waals surface area contributed by atoms with Crippen molar-refractivity contribution in [2.24, 2.45) is 5.92 Å². The zero-order chi connectivity index (χ0) is 20.9. The van der Waals surface area contributed by atoms with Crippen LogP contribution < -0.4 is 5.32 Å². The lowest BCUT2D eigenvalue weighted by Gasteiger charge is -2.24. The summed E-state index contributed by atoms with van der Waals surface area (Å²) in [4.78, 5) is 18.1. The molecule has 4 atom stereocenters. The van der Waals surface area contributed by atoms with E-state index >= 15 is 0 Å². The Hall–Kier alpha value is -1.85. The minimum atomic E-state index is -0.665. The van der Waals surface area contributed by atoms with Gasteiger partial charge in [0, 0.05) is 24.9 Å². The average molecular weight is 446 g/mol. The standard InChI is InChI=1S/C20H23N5O3S2/c1-20(2)27-15-10(9-26)6-12(16(15)28-20)23-17-11(7-22-19(25-17)29-3)18-24-13-8-21-5-4-14(13)30-18/h4-5,7-8,10,12,15-16,26H,6,9H2,1-3H3,(H,22,23,25)/t10-,12-,15-,16+/m1/s1. The molecule has 1 aliphatic carbocycles. The molecule has 5 rings (SSSR count). The van der Waals surface area contributed by atoms with E-state index in [1.165, 1.54) is 11.8 Å². The Bertz CT molecular complexity index is 1040. The highest BCUT2D eigenvalue weighted by molar-refractivity contribution is 7.98. The third-order valence-electron chi connectivity index (χ3n) is 5.51. The van der Waals surface area contributed by atoms with E-state index in [4.69, 9.17) is 19.4 Å². The molecule has 8 nitrogen and oxygen atoms in total. The number of pyridine rings is 1. The van der Waals surface area contributed by atoms with E-state index in [9.17, 15) is 5.11 Å². The topological polar surface area (TPSA) is 102 Å². The molecule has 0 spiro atoms. The number of nitrogens with one attached hydrogen (secondary N) is 1. The van der Waals surface area contributed by atoms with Crippen molar-refractivity contribution >= 4 is 39.1 Å². The van der Waals surface area contributed by atoms with Gasteiger partial charge >= 0.3 is 0 Å². The zero-order valence-electron chi connectivity index (χ0n) is 16.9. The van der Waals surface area contributed by atoms with Crippen LogP contribution >= 0.6 is 23.1 Å². The number of hydrogen-bond donors (Lipinski definition) is 2. The number of nitrogens with zero attached hydrogens (tertiary/aromatic N) is 4. The van der Waals surface area contributed by atoms with Crippen molar-refractivity contribution in [2.45, 2.75) is 49.5 Å². The smallest absolute Gasteiger partial charge is 0.189 e. The summed E-state index contributed by atoms with van der Waals surface area (Å²) in [6.45, 7) is 3.89. The Balaban J connectivity index is 1.50. The molecule has 30 heavy (non-hydrogen) atoms.